The molecule has 2 N–H and O–H groups in total. The van der Waals surface area contributed by atoms with Crippen LogP contribution in [0.15, 0.2) is 53.7 Å². The molecule has 0 saturated carbocycles. The zero-order valence-corrected chi connectivity index (χ0v) is 11.5. The number of imidazole rings is 2. The molecule has 0 fully saturated rings. The first-order valence-electron chi connectivity index (χ1n) is 6.81. The topological polar surface area (TPSA) is 92.2 Å². The summed E-state index contributed by atoms with van der Waals surface area (Å²) in [6.45, 7) is 0. The third-order valence-corrected chi connectivity index (χ3v) is 3.38. The Morgan fingerprint density at radius 2 is 2.00 bits per heavy atom. The molecule has 3 aromatic heterocycles. The molecule has 7 nitrogen and oxygen atoms in total. The van der Waals surface area contributed by atoms with Crippen LogP contribution in [-0.4, -0.2) is 29.5 Å². The van der Waals surface area contributed by atoms with Crippen LogP contribution in [0.25, 0.3) is 17.1 Å². The van der Waals surface area contributed by atoms with E-state index in [2.05, 4.69) is 24.9 Å². The van der Waals surface area contributed by atoms with E-state index in [1.165, 1.54) is 4.57 Å². The van der Waals surface area contributed by atoms with Gasteiger partial charge in [-0.1, -0.05) is 30.3 Å². The molecular weight excluding hydrogens is 280 g/mol. The monoisotopic (exact) mass is 292 g/mol. The van der Waals surface area contributed by atoms with Gasteiger partial charge in [-0.25, -0.2) is 24.3 Å². The van der Waals surface area contributed by atoms with Gasteiger partial charge in [0.1, 0.15) is 11.3 Å². The van der Waals surface area contributed by atoms with Crippen LogP contribution in [0.3, 0.4) is 0 Å². The van der Waals surface area contributed by atoms with Crippen molar-refractivity contribution in [2.24, 2.45) is 0 Å². The molecule has 0 bridgehead atoms. The Hall–Kier alpha value is -3.22. The number of nitrogens with zero attached hydrogens (tertiary/aromatic N) is 4. The molecule has 0 aliphatic rings. The van der Waals surface area contributed by atoms with E-state index in [-0.39, 0.29) is 5.69 Å². The van der Waals surface area contributed by atoms with Gasteiger partial charge in [0.05, 0.1) is 6.20 Å². The number of fused-ring (bicyclic) bond motifs is 1. The number of hydrogen-bond acceptors (Lipinski definition) is 4. The van der Waals surface area contributed by atoms with Gasteiger partial charge >= 0.3 is 5.69 Å². The van der Waals surface area contributed by atoms with Crippen LogP contribution in [0.2, 0.25) is 0 Å². The Morgan fingerprint density at radius 3 is 2.77 bits per heavy atom. The van der Waals surface area contributed by atoms with Crippen molar-refractivity contribution in [3.8, 4) is 5.95 Å². The van der Waals surface area contributed by atoms with E-state index in [9.17, 15) is 4.79 Å². The van der Waals surface area contributed by atoms with Gasteiger partial charge in [-0.3, -0.25) is 0 Å². The molecule has 4 aromatic rings. The van der Waals surface area contributed by atoms with Gasteiger partial charge in [0.15, 0.2) is 5.65 Å². The van der Waals surface area contributed by atoms with Crippen LogP contribution < -0.4 is 5.69 Å². The summed E-state index contributed by atoms with van der Waals surface area (Å²) in [5.74, 6) is 1.08. The minimum Gasteiger partial charge on any atom is -0.330 e. The number of H-pyrrole nitrogens is 2. The maximum Gasteiger partial charge on any atom is 0.334 e. The minimum atomic E-state index is -0.295. The number of rotatable bonds is 3. The van der Waals surface area contributed by atoms with Crippen molar-refractivity contribution >= 4 is 11.2 Å². The Balaban J connectivity index is 1.83. The van der Waals surface area contributed by atoms with Gasteiger partial charge in [-0.05, 0) is 5.56 Å². The lowest BCUT2D eigenvalue weighted by Gasteiger charge is -2.02. The lowest BCUT2D eigenvalue weighted by Crippen LogP contribution is -2.16. The fourth-order valence-electron chi connectivity index (χ4n) is 2.37. The summed E-state index contributed by atoms with van der Waals surface area (Å²) < 4.78 is 1.41. The van der Waals surface area contributed by atoms with Crippen molar-refractivity contribution in [1.82, 2.24) is 29.5 Å². The molecule has 3 heterocycles. The molecule has 1 aromatic carbocycles. The minimum absolute atomic E-state index is 0.295. The van der Waals surface area contributed by atoms with E-state index >= 15 is 0 Å². The fourth-order valence-corrected chi connectivity index (χ4v) is 2.37. The summed E-state index contributed by atoms with van der Waals surface area (Å²) >= 11 is 0. The first-order valence-corrected chi connectivity index (χ1v) is 6.81. The largest absolute Gasteiger partial charge is 0.334 e. The predicted molar refractivity (Wildman–Crippen MR) is 80.9 cm³/mol. The number of aromatic amines is 2. The van der Waals surface area contributed by atoms with E-state index in [0.717, 1.165) is 5.56 Å². The number of aromatic nitrogens is 6. The smallest absolute Gasteiger partial charge is 0.330 e. The molecule has 0 aliphatic heterocycles. The summed E-state index contributed by atoms with van der Waals surface area (Å²) in [5.41, 5.74) is 1.92. The zero-order valence-electron chi connectivity index (χ0n) is 11.5. The molecule has 0 radical (unpaired) electrons. The van der Waals surface area contributed by atoms with Gasteiger partial charge in [0, 0.05) is 18.8 Å². The second-order valence-corrected chi connectivity index (χ2v) is 4.86. The van der Waals surface area contributed by atoms with E-state index in [0.29, 0.717) is 29.4 Å². The number of benzene rings is 1. The highest BCUT2D eigenvalue weighted by Crippen LogP contribution is 2.12. The molecule has 0 unspecified atom stereocenters. The molecule has 0 atom stereocenters. The molecule has 22 heavy (non-hydrogen) atoms. The molecule has 0 spiro atoms. The molecule has 4 rings (SSSR count). The summed E-state index contributed by atoms with van der Waals surface area (Å²) in [6, 6.07) is 9.95. The highest BCUT2D eigenvalue weighted by molar-refractivity contribution is 5.71. The van der Waals surface area contributed by atoms with Crippen LogP contribution in [0.1, 0.15) is 11.4 Å². The molecule has 0 saturated heterocycles. The van der Waals surface area contributed by atoms with Crippen LogP contribution in [-0.2, 0) is 6.42 Å². The zero-order chi connectivity index (χ0) is 14.9. The summed E-state index contributed by atoms with van der Waals surface area (Å²) in [7, 11) is 0. The van der Waals surface area contributed by atoms with Crippen molar-refractivity contribution in [3.63, 3.8) is 0 Å². The van der Waals surface area contributed by atoms with Crippen LogP contribution in [0.4, 0.5) is 0 Å². The third-order valence-electron chi connectivity index (χ3n) is 3.38. The fraction of sp³-hybridized carbons (Fsp3) is 0.0667. The average Bonchev–Trinajstić information content (AvgIpc) is 3.14. The molecule has 7 heteroatoms. The van der Waals surface area contributed by atoms with Gasteiger partial charge < -0.3 is 9.97 Å². The molecule has 108 valence electrons. The maximum absolute atomic E-state index is 12.1. The second-order valence-electron chi connectivity index (χ2n) is 4.86. The Kier molecular flexibility index (Phi) is 2.82. The van der Waals surface area contributed by atoms with Gasteiger partial charge in [0.25, 0.3) is 0 Å². The maximum atomic E-state index is 12.1. The van der Waals surface area contributed by atoms with E-state index in [1.54, 1.807) is 18.6 Å². The standard InChI is InChI=1S/C15H12N6O/c22-15-19-11-9-18-12(8-10-4-2-1-3-5-10)20-13(11)21(15)14-16-6-7-17-14/h1-7,9H,8H2,(H,16,17)(H,19,22). The highest BCUT2D eigenvalue weighted by Gasteiger charge is 2.13. The van der Waals surface area contributed by atoms with Crippen molar-refractivity contribution in [2.45, 2.75) is 6.42 Å². The molecule has 0 aliphatic carbocycles. The van der Waals surface area contributed by atoms with Crippen molar-refractivity contribution < 1.29 is 0 Å². The first kappa shape index (κ1) is 12.5. The molecule has 0 amide bonds. The lowest BCUT2D eigenvalue weighted by atomic mass is 10.1. The van der Waals surface area contributed by atoms with E-state index in [4.69, 9.17) is 0 Å². The average molecular weight is 292 g/mol. The van der Waals surface area contributed by atoms with Gasteiger partial charge in [0.2, 0.25) is 5.95 Å². The number of hydrogen-bond donors (Lipinski definition) is 2. The molecular formula is C15H12N6O. The first-order chi connectivity index (χ1) is 10.8. The Morgan fingerprint density at radius 1 is 1.14 bits per heavy atom. The van der Waals surface area contributed by atoms with Crippen molar-refractivity contribution in [3.05, 3.63) is 70.8 Å². The lowest BCUT2D eigenvalue weighted by molar-refractivity contribution is 0.910. The van der Waals surface area contributed by atoms with Crippen LogP contribution in [0, 0.1) is 0 Å². The van der Waals surface area contributed by atoms with Crippen LogP contribution in [0.5, 0.6) is 0 Å². The van der Waals surface area contributed by atoms with Gasteiger partial charge in [-0.15, -0.1) is 0 Å². The SMILES string of the molecule is O=c1[nH]c2cnc(Cc3ccccc3)nc2n1-c1ncc[nH]1. The Bertz CT molecular complexity index is 968. The van der Waals surface area contributed by atoms with Crippen molar-refractivity contribution in [1.29, 1.82) is 0 Å². The summed E-state index contributed by atoms with van der Waals surface area (Å²) in [6.07, 6.45) is 5.48. The van der Waals surface area contributed by atoms with E-state index in [1.807, 2.05) is 30.3 Å². The highest BCUT2D eigenvalue weighted by atomic mass is 16.1. The number of nitrogens with one attached hydrogen (secondary N) is 2. The summed E-state index contributed by atoms with van der Waals surface area (Å²) in [4.78, 5) is 30.7. The second kappa shape index (κ2) is 4.96. The predicted octanol–water partition coefficient (Wildman–Crippen LogP) is 1.42. The normalized spacial score (nSPS) is 11.1. The van der Waals surface area contributed by atoms with Gasteiger partial charge in [-0.2, -0.15) is 0 Å². The quantitative estimate of drug-likeness (QED) is 0.597. The van der Waals surface area contributed by atoms with Crippen LogP contribution >= 0.6 is 0 Å². The summed E-state index contributed by atoms with van der Waals surface area (Å²) in [5, 5.41) is 0. The van der Waals surface area contributed by atoms with E-state index < -0.39 is 0 Å². The third kappa shape index (κ3) is 2.08. The Labute approximate surface area is 124 Å². The van der Waals surface area contributed by atoms with Crippen molar-refractivity contribution in [2.75, 3.05) is 0 Å².